The van der Waals surface area contributed by atoms with Crippen molar-refractivity contribution in [3.8, 4) is 11.5 Å². The molecule has 0 radical (unpaired) electrons. The molecule has 1 heterocycles. The second-order valence-electron chi connectivity index (χ2n) is 7.54. The van der Waals surface area contributed by atoms with Crippen molar-refractivity contribution in [3.05, 3.63) is 60.2 Å². The zero-order valence-electron chi connectivity index (χ0n) is 18.6. The largest absolute Gasteiger partial charge is 0.493 e. The van der Waals surface area contributed by atoms with Crippen molar-refractivity contribution in [2.24, 2.45) is 5.92 Å². The Morgan fingerprint density at radius 1 is 1.03 bits per heavy atom. The number of hydrogen-bond acceptors (Lipinski definition) is 5. The lowest BCUT2D eigenvalue weighted by Gasteiger charge is -2.30. The van der Waals surface area contributed by atoms with Crippen molar-refractivity contribution >= 4 is 23.6 Å². The summed E-state index contributed by atoms with van der Waals surface area (Å²) in [6.45, 7) is 1.96. The van der Waals surface area contributed by atoms with E-state index in [4.69, 9.17) is 14.2 Å². The second-order valence-corrected chi connectivity index (χ2v) is 7.54. The molecular weight excluding hydrogens is 408 g/mol. The molecule has 2 aromatic rings. The Bertz CT molecular complexity index is 921. The molecule has 1 fully saturated rings. The summed E-state index contributed by atoms with van der Waals surface area (Å²) >= 11 is 0. The van der Waals surface area contributed by atoms with E-state index < -0.39 is 0 Å². The fourth-order valence-corrected chi connectivity index (χ4v) is 3.55. The van der Waals surface area contributed by atoms with Crippen LogP contribution in [0.1, 0.15) is 18.4 Å². The highest BCUT2D eigenvalue weighted by atomic mass is 16.5. The van der Waals surface area contributed by atoms with Gasteiger partial charge < -0.3 is 24.4 Å². The molecule has 3 rings (SSSR count). The van der Waals surface area contributed by atoms with Crippen LogP contribution in [0.3, 0.4) is 0 Å². The van der Waals surface area contributed by atoms with Crippen LogP contribution in [0.2, 0.25) is 0 Å². The van der Waals surface area contributed by atoms with Gasteiger partial charge >= 0.3 is 0 Å². The lowest BCUT2D eigenvalue weighted by molar-refractivity contribution is -0.130. The topological polar surface area (TPSA) is 77.1 Å². The van der Waals surface area contributed by atoms with E-state index in [-0.39, 0.29) is 17.7 Å². The molecule has 2 amide bonds. The number of carbonyl (C=O) groups is 2. The number of likely N-dealkylation sites (tertiary alicyclic amines) is 1. The van der Waals surface area contributed by atoms with Crippen molar-refractivity contribution in [3.63, 3.8) is 0 Å². The van der Waals surface area contributed by atoms with E-state index >= 15 is 0 Å². The van der Waals surface area contributed by atoms with E-state index in [1.165, 1.54) is 0 Å². The number of benzene rings is 2. The number of methoxy groups -OCH3 is 2. The van der Waals surface area contributed by atoms with Gasteiger partial charge in [0.05, 0.1) is 13.7 Å². The van der Waals surface area contributed by atoms with Crippen LogP contribution in [0.5, 0.6) is 11.5 Å². The molecule has 7 heteroatoms. The maximum absolute atomic E-state index is 12.8. The van der Waals surface area contributed by atoms with Crippen molar-refractivity contribution in [2.75, 3.05) is 45.8 Å². The third-order valence-electron chi connectivity index (χ3n) is 5.37. The number of rotatable bonds is 9. The highest BCUT2D eigenvalue weighted by Crippen LogP contribution is 2.31. The van der Waals surface area contributed by atoms with Gasteiger partial charge in [-0.3, -0.25) is 9.59 Å². The lowest BCUT2D eigenvalue weighted by atomic mass is 9.95. The zero-order chi connectivity index (χ0) is 22.8. The van der Waals surface area contributed by atoms with Gasteiger partial charge in [-0.25, -0.2) is 0 Å². The molecule has 0 saturated carbocycles. The van der Waals surface area contributed by atoms with Crippen LogP contribution in [-0.2, 0) is 14.3 Å². The summed E-state index contributed by atoms with van der Waals surface area (Å²) in [4.78, 5) is 27.0. The molecule has 170 valence electrons. The van der Waals surface area contributed by atoms with Crippen molar-refractivity contribution in [2.45, 2.75) is 12.8 Å². The van der Waals surface area contributed by atoms with Crippen LogP contribution in [0, 0.1) is 5.92 Å². The molecular formula is C25H30N2O5. The van der Waals surface area contributed by atoms with Gasteiger partial charge in [-0.1, -0.05) is 30.3 Å². The second kappa shape index (κ2) is 11.9. The fourth-order valence-electron chi connectivity index (χ4n) is 3.55. The van der Waals surface area contributed by atoms with E-state index in [9.17, 15) is 9.59 Å². The number of hydrogen-bond donors (Lipinski definition) is 1. The van der Waals surface area contributed by atoms with Gasteiger partial charge in [0.2, 0.25) is 11.8 Å². The number of carbonyl (C=O) groups excluding carboxylic acids is 2. The number of piperidine rings is 1. The van der Waals surface area contributed by atoms with E-state index in [2.05, 4.69) is 5.32 Å². The standard InChI is InChI=1S/C25H30N2O5/c1-30-16-17-32-23-18-21(9-10-22(23)31-2)26-25(29)20-12-14-27(15-13-20)24(28)11-8-19-6-4-3-5-7-19/h3-11,18,20H,12-17H2,1-2H3,(H,26,29)/b11-8+. The molecule has 1 aliphatic heterocycles. The number of nitrogens with zero attached hydrogens (tertiary/aromatic N) is 1. The average molecular weight is 439 g/mol. The first-order chi connectivity index (χ1) is 15.6. The van der Waals surface area contributed by atoms with E-state index in [1.54, 1.807) is 43.4 Å². The summed E-state index contributed by atoms with van der Waals surface area (Å²) < 4.78 is 16.0. The summed E-state index contributed by atoms with van der Waals surface area (Å²) in [6, 6.07) is 15.0. The Morgan fingerprint density at radius 2 is 1.78 bits per heavy atom. The normalized spacial score (nSPS) is 14.4. The van der Waals surface area contributed by atoms with Crippen molar-refractivity contribution in [1.29, 1.82) is 0 Å². The molecule has 1 N–H and O–H groups in total. The van der Waals surface area contributed by atoms with Gasteiger partial charge in [-0.15, -0.1) is 0 Å². The van der Waals surface area contributed by atoms with Gasteiger partial charge in [0.1, 0.15) is 6.61 Å². The summed E-state index contributed by atoms with van der Waals surface area (Å²) in [5.41, 5.74) is 1.63. The maximum atomic E-state index is 12.8. The van der Waals surface area contributed by atoms with Crippen molar-refractivity contribution < 1.29 is 23.8 Å². The molecule has 7 nitrogen and oxygen atoms in total. The third-order valence-corrected chi connectivity index (χ3v) is 5.37. The van der Waals surface area contributed by atoms with Gasteiger partial charge in [-0.05, 0) is 36.6 Å². The number of ether oxygens (including phenoxy) is 3. The smallest absolute Gasteiger partial charge is 0.246 e. The molecule has 0 atom stereocenters. The van der Waals surface area contributed by atoms with Gasteiger partial charge in [0.15, 0.2) is 11.5 Å². The Balaban J connectivity index is 1.51. The first-order valence-electron chi connectivity index (χ1n) is 10.7. The van der Waals surface area contributed by atoms with Gasteiger partial charge in [-0.2, -0.15) is 0 Å². The van der Waals surface area contributed by atoms with Gasteiger partial charge in [0.25, 0.3) is 0 Å². The minimum Gasteiger partial charge on any atom is -0.493 e. The average Bonchev–Trinajstić information content (AvgIpc) is 2.83. The van der Waals surface area contributed by atoms with Crippen molar-refractivity contribution in [1.82, 2.24) is 4.90 Å². The number of amides is 2. The molecule has 0 unspecified atom stereocenters. The summed E-state index contributed by atoms with van der Waals surface area (Å²) in [5, 5.41) is 2.96. The van der Waals surface area contributed by atoms with Crippen LogP contribution in [0.4, 0.5) is 5.69 Å². The summed E-state index contributed by atoms with van der Waals surface area (Å²) in [7, 11) is 3.18. The Labute approximate surface area is 189 Å². The summed E-state index contributed by atoms with van der Waals surface area (Å²) in [6.07, 6.45) is 4.67. The van der Waals surface area contributed by atoms with E-state index in [0.29, 0.717) is 56.3 Å². The first-order valence-corrected chi connectivity index (χ1v) is 10.7. The SMILES string of the molecule is COCCOc1cc(NC(=O)C2CCN(C(=O)/C=C/c3ccccc3)CC2)ccc1OC. The molecule has 0 spiro atoms. The molecule has 0 aliphatic carbocycles. The fraction of sp³-hybridized carbons (Fsp3) is 0.360. The lowest BCUT2D eigenvalue weighted by Crippen LogP contribution is -2.40. The molecule has 1 saturated heterocycles. The molecule has 0 aromatic heterocycles. The predicted molar refractivity (Wildman–Crippen MR) is 124 cm³/mol. The number of anilines is 1. The summed E-state index contributed by atoms with van der Waals surface area (Å²) in [5.74, 6) is 0.921. The predicted octanol–water partition coefficient (Wildman–Crippen LogP) is 3.61. The van der Waals surface area contributed by atoms with Gasteiger partial charge in [0, 0.05) is 43.9 Å². The van der Waals surface area contributed by atoms with Crippen LogP contribution in [-0.4, -0.2) is 57.2 Å². The molecule has 32 heavy (non-hydrogen) atoms. The molecule has 2 aromatic carbocycles. The third kappa shape index (κ3) is 6.59. The zero-order valence-corrected chi connectivity index (χ0v) is 18.6. The minimum absolute atomic E-state index is 0.0271. The van der Waals surface area contributed by atoms with Crippen LogP contribution >= 0.6 is 0 Å². The maximum Gasteiger partial charge on any atom is 0.246 e. The Kier molecular flexibility index (Phi) is 8.69. The molecule has 0 bridgehead atoms. The van der Waals surface area contributed by atoms with E-state index in [1.807, 2.05) is 36.4 Å². The minimum atomic E-state index is -0.142. The van der Waals surface area contributed by atoms with Crippen LogP contribution in [0.15, 0.2) is 54.6 Å². The monoisotopic (exact) mass is 438 g/mol. The highest BCUT2D eigenvalue weighted by molar-refractivity contribution is 5.94. The van der Waals surface area contributed by atoms with Crippen LogP contribution in [0.25, 0.3) is 6.08 Å². The number of nitrogens with one attached hydrogen (secondary N) is 1. The Hall–Kier alpha value is -3.32. The van der Waals surface area contributed by atoms with E-state index in [0.717, 1.165) is 5.56 Å². The van der Waals surface area contributed by atoms with Crippen LogP contribution < -0.4 is 14.8 Å². The Morgan fingerprint density at radius 3 is 2.47 bits per heavy atom. The first kappa shape index (κ1) is 23.3. The highest BCUT2D eigenvalue weighted by Gasteiger charge is 2.26. The quantitative estimate of drug-likeness (QED) is 0.478. The molecule has 1 aliphatic rings.